The summed E-state index contributed by atoms with van der Waals surface area (Å²) in [6.45, 7) is 2.42. The molecule has 6 nitrogen and oxygen atoms in total. The number of ether oxygens (including phenoxy) is 1. The summed E-state index contributed by atoms with van der Waals surface area (Å²) >= 11 is 0. The van der Waals surface area contributed by atoms with Crippen molar-refractivity contribution < 1.29 is 29.3 Å². The molecule has 0 unspecified atom stereocenters. The zero-order valence-electron chi connectivity index (χ0n) is 12.7. The molecule has 1 heterocycles. The first kappa shape index (κ1) is 17.8. The van der Waals surface area contributed by atoms with Gasteiger partial charge in [-0.05, 0) is 39.5 Å². The van der Waals surface area contributed by atoms with E-state index < -0.39 is 23.0 Å². The van der Waals surface area contributed by atoms with Gasteiger partial charge in [0.25, 0.3) is 0 Å². The average molecular weight is 300 g/mol. The Labute approximate surface area is 124 Å². The SMILES string of the molecule is C[C@]1(O)CCCCC(=O)[C@](C)(O)COC(=O)CCCC1=O. The van der Waals surface area contributed by atoms with Crippen molar-refractivity contribution in [1.29, 1.82) is 0 Å². The zero-order chi connectivity index (χ0) is 16.1. The van der Waals surface area contributed by atoms with Crippen molar-refractivity contribution in [2.24, 2.45) is 0 Å². The molecule has 1 rings (SSSR count). The molecule has 1 fully saturated rings. The maximum atomic E-state index is 11.9. The van der Waals surface area contributed by atoms with E-state index in [0.717, 1.165) is 0 Å². The molecule has 0 spiro atoms. The monoisotopic (exact) mass is 300 g/mol. The Bertz CT molecular complexity index is 410. The van der Waals surface area contributed by atoms with Crippen LogP contribution in [0, 0.1) is 0 Å². The second-order valence-electron chi connectivity index (χ2n) is 6.12. The standard InChI is InChI=1S/C15H24O6/c1-14(19)9-4-3-6-12(17)15(2,20)10-21-13(18)8-5-7-11(14)16/h19-20H,3-10H2,1-2H3/t14-,15+/m0/s1. The van der Waals surface area contributed by atoms with Gasteiger partial charge in [0, 0.05) is 19.3 Å². The summed E-state index contributed by atoms with van der Waals surface area (Å²) in [6, 6.07) is 0. The third-order valence-electron chi connectivity index (χ3n) is 3.82. The van der Waals surface area contributed by atoms with Crippen LogP contribution < -0.4 is 0 Å². The summed E-state index contributed by atoms with van der Waals surface area (Å²) in [7, 11) is 0. The highest BCUT2D eigenvalue weighted by molar-refractivity contribution is 5.88. The van der Waals surface area contributed by atoms with Crippen molar-refractivity contribution in [2.45, 2.75) is 70.0 Å². The van der Waals surface area contributed by atoms with Crippen LogP contribution in [-0.2, 0) is 19.1 Å². The first-order valence-corrected chi connectivity index (χ1v) is 7.32. The number of esters is 1. The molecule has 1 aliphatic heterocycles. The lowest BCUT2D eigenvalue weighted by Gasteiger charge is -2.24. The van der Waals surface area contributed by atoms with Gasteiger partial charge in [0.2, 0.25) is 0 Å². The lowest BCUT2D eigenvalue weighted by Crippen LogP contribution is -2.41. The van der Waals surface area contributed by atoms with E-state index >= 15 is 0 Å². The highest BCUT2D eigenvalue weighted by Crippen LogP contribution is 2.21. The molecule has 0 aromatic rings. The molecule has 2 atom stereocenters. The molecular formula is C15H24O6. The van der Waals surface area contributed by atoms with Gasteiger partial charge in [-0.25, -0.2) is 0 Å². The predicted octanol–water partition coefficient (Wildman–Crippen LogP) is 0.914. The van der Waals surface area contributed by atoms with E-state index in [2.05, 4.69) is 0 Å². The van der Waals surface area contributed by atoms with Gasteiger partial charge in [-0.1, -0.05) is 0 Å². The van der Waals surface area contributed by atoms with Crippen molar-refractivity contribution in [3.8, 4) is 0 Å². The third-order valence-corrected chi connectivity index (χ3v) is 3.82. The summed E-state index contributed by atoms with van der Waals surface area (Å²) in [5.41, 5.74) is -3.11. The highest BCUT2D eigenvalue weighted by atomic mass is 16.5. The zero-order valence-corrected chi connectivity index (χ0v) is 12.7. The van der Waals surface area contributed by atoms with Crippen molar-refractivity contribution in [3.63, 3.8) is 0 Å². The summed E-state index contributed by atoms with van der Waals surface area (Å²) in [6.07, 6.45) is 1.78. The van der Waals surface area contributed by atoms with Crippen molar-refractivity contribution in [1.82, 2.24) is 0 Å². The van der Waals surface area contributed by atoms with Crippen LogP contribution in [0.15, 0.2) is 0 Å². The van der Waals surface area contributed by atoms with E-state index in [1.807, 2.05) is 0 Å². The first-order chi connectivity index (χ1) is 9.65. The molecule has 0 aliphatic carbocycles. The minimum Gasteiger partial charge on any atom is -0.462 e. The van der Waals surface area contributed by atoms with Gasteiger partial charge in [-0.15, -0.1) is 0 Å². The van der Waals surface area contributed by atoms with Crippen molar-refractivity contribution in [3.05, 3.63) is 0 Å². The molecule has 0 radical (unpaired) electrons. The van der Waals surface area contributed by atoms with Crippen LogP contribution in [-0.4, -0.2) is 45.6 Å². The molecule has 0 saturated carbocycles. The van der Waals surface area contributed by atoms with E-state index in [1.165, 1.54) is 13.8 Å². The summed E-state index contributed by atoms with van der Waals surface area (Å²) in [5.74, 6) is -1.27. The largest absolute Gasteiger partial charge is 0.462 e. The number of cyclic esters (lactones) is 1. The fourth-order valence-corrected chi connectivity index (χ4v) is 2.20. The molecule has 120 valence electrons. The van der Waals surface area contributed by atoms with E-state index in [0.29, 0.717) is 12.8 Å². The number of Topliss-reactive ketones (excluding diaryl/α,β-unsaturated/α-hetero) is 2. The summed E-state index contributed by atoms with van der Waals surface area (Å²) < 4.78 is 4.88. The molecule has 1 saturated heterocycles. The van der Waals surface area contributed by atoms with Gasteiger partial charge in [-0.2, -0.15) is 0 Å². The smallest absolute Gasteiger partial charge is 0.305 e. The van der Waals surface area contributed by atoms with E-state index in [-0.39, 0.29) is 44.5 Å². The predicted molar refractivity (Wildman–Crippen MR) is 74.5 cm³/mol. The molecule has 6 heteroatoms. The molecule has 21 heavy (non-hydrogen) atoms. The molecule has 1 aliphatic rings. The van der Waals surface area contributed by atoms with E-state index in [9.17, 15) is 24.6 Å². The number of carbonyl (C=O) groups excluding carboxylic acids is 3. The maximum absolute atomic E-state index is 11.9. The average Bonchev–Trinajstić information content (AvgIpc) is 2.40. The van der Waals surface area contributed by atoms with Crippen LogP contribution in [0.3, 0.4) is 0 Å². The van der Waals surface area contributed by atoms with Gasteiger partial charge in [0.1, 0.15) is 12.2 Å². The minimum atomic E-state index is -1.68. The van der Waals surface area contributed by atoms with Gasteiger partial charge >= 0.3 is 5.97 Å². The number of aliphatic hydroxyl groups is 2. The Morgan fingerprint density at radius 2 is 1.43 bits per heavy atom. The molecule has 0 amide bonds. The molecule has 0 aromatic heterocycles. The van der Waals surface area contributed by atoms with Crippen LogP contribution >= 0.6 is 0 Å². The van der Waals surface area contributed by atoms with Gasteiger partial charge in [0.15, 0.2) is 17.2 Å². The second-order valence-corrected chi connectivity index (χ2v) is 6.12. The fraction of sp³-hybridized carbons (Fsp3) is 0.800. The van der Waals surface area contributed by atoms with Gasteiger partial charge < -0.3 is 14.9 Å². The number of rotatable bonds is 0. The van der Waals surface area contributed by atoms with Crippen LogP contribution in [0.4, 0.5) is 0 Å². The van der Waals surface area contributed by atoms with Crippen LogP contribution in [0.2, 0.25) is 0 Å². The Hall–Kier alpha value is -1.27. The minimum absolute atomic E-state index is 0.0199. The van der Waals surface area contributed by atoms with Crippen LogP contribution in [0.1, 0.15) is 58.8 Å². The Morgan fingerprint density at radius 3 is 2.10 bits per heavy atom. The topological polar surface area (TPSA) is 101 Å². The molecule has 2 N–H and O–H groups in total. The van der Waals surface area contributed by atoms with E-state index in [4.69, 9.17) is 4.74 Å². The summed E-state index contributed by atoms with van der Waals surface area (Å²) in [5, 5.41) is 20.1. The van der Waals surface area contributed by atoms with Crippen molar-refractivity contribution in [2.75, 3.05) is 6.61 Å². The van der Waals surface area contributed by atoms with Crippen LogP contribution in [0.25, 0.3) is 0 Å². The maximum Gasteiger partial charge on any atom is 0.305 e. The number of hydrogen-bond acceptors (Lipinski definition) is 6. The first-order valence-electron chi connectivity index (χ1n) is 7.32. The number of ketones is 2. The third kappa shape index (κ3) is 5.55. The van der Waals surface area contributed by atoms with Crippen LogP contribution in [0.5, 0.6) is 0 Å². The Kier molecular flexibility index (Phi) is 6.04. The normalized spacial score (nSPS) is 34.2. The lowest BCUT2D eigenvalue weighted by atomic mass is 9.89. The van der Waals surface area contributed by atoms with Gasteiger partial charge in [-0.3, -0.25) is 14.4 Å². The van der Waals surface area contributed by atoms with Gasteiger partial charge in [0.05, 0.1) is 0 Å². The lowest BCUT2D eigenvalue weighted by molar-refractivity contribution is -0.156. The Balaban J connectivity index is 2.73. The fourth-order valence-electron chi connectivity index (χ4n) is 2.20. The molecular weight excluding hydrogens is 276 g/mol. The summed E-state index contributed by atoms with van der Waals surface area (Å²) in [4.78, 5) is 35.2. The van der Waals surface area contributed by atoms with Crippen molar-refractivity contribution >= 4 is 17.5 Å². The number of carbonyl (C=O) groups is 3. The second kappa shape index (κ2) is 7.13. The Morgan fingerprint density at radius 1 is 0.857 bits per heavy atom. The molecule has 0 bridgehead atoms. The highest BCUT2D eigenvalue weighted by Gasteiger charge is 2.33. The van der Waals surface area contributed by atoms with E-state index in [1.54, 1.807) is 0 Å². The number of hydrogen-bond donors (Lipinski definition) is 2. The quantitative estimate of drug-likeness (QED) is 0.645. The molecule has 0 aromatic carbocycles.